The van der Waals surface area contributed by atoms with Crippen molar-refractivity contribution in [3.63, 3.8) is 0 Å². The fraction of sp³-hybridized carbons (Fsp3) is 1.00. The zero-order valence-electron chi connectivity index (χ0n) is 9.94. The molecule has 6 N–H and O–H groups in total. The molecule has 0 saturated carbocycles. The predicted molar refractivity (Wildman–Crippen MR) is 56.6 cm³/mol. The minimum absolute atomic E-state index is 0.258. The molecule has 2 aliphatic heterocycles. The molecule has 112 valence electrons. The average Bonchev–Trinajstić information content (AvgIpc) is 2.66. The summed E-state index contributed by atoms with van der Waals surface area (Å²) in [5, 5.41) is 56.5. The van der Waals surface area contributed by atoms with E-state index >= 15 is 0 Å². The smallest absolute Gasteiger partial charge is 0.186 e. The van der Waals surface area contributed by atoms with Crippen LogP contribution in [0.5, 0.6) is 0 Å². The highest BCUT2D eigenvalue weighted by atomic mass is 16.7. The maximum atomic E-state index is 9.73. The largest absolute Gasteiger partial charge is 0.394 e. The van der Waals surface area contributed by atoms with Crippen LogP contribution in [0, 0.1) is 0 Å². The highest BCUT2D eigenvalue weighted by Crippen LogP contribution is 2.26. The molecular formula is C10H18O9. The van der Waals surface area contributed by atoms with Crippen LogP contribution in [-0.2, 0) is 14.2 Å². The first-order valence-corrected chi connectivity index (χ1v) is 5.89. The third-order valence-corrected chi connectivity index (χ3v) is 3.24. The first-order valence-electron chi connectivity index (χ1n) is 5.89. The second-order valence-electron chi connectivity index (χ2n) is 4.59. The van der Waals surface area contributed by atoms with Crippen LogP contribution in [-0.4, -0.2) is 93.1 Å². The van der Waals surface area contributed by atoms with Crippen molar-refractivity contribution in [1.82, 2.24) is 0 Å². The Labute approximate surface area is 108 Å². The van der Waals surface area contributed by atoms with Crippen LogP contribution in [0.2, 0.25) is 0 Å². The van der Waals surface area contributed by atoms with E-state index in [4.69, 9.17) is 19.3 Å². The summed E-state index contributed by atoms with van der Waals surface area (Å²) in [5.74, 6) is 0. The summed E-state index contributed by atoms with van der Waals surface area (Å²) in [7, 11) is 0. The molecule has 0 bridgehead atoms. The van der Waals surface area contributed by atoms with Crippen LogP contribution in [0.1, 0.15) is 0 Å². The fourth-order valence-corrected chi connectivity index (χ4v) is 2.07. The molecule has 0 unspecified atom stereocenters. The van der Waals surface area contributed by atoms with Gasteiger partial charge in [0.05, 0.1) is 13.2 Å². The van der Waals surface area contributed by atoms with Crippen molar-refractivity contribution in [2.45, 2.75) is 49.2 Å². The molecule has 2 fully saturated rings. The van der Waals surface area contributed by atoms with Gasteiger partial charge in [0.15, 0.2) is 12.6 Å². The van der Waals surface area contributed by atoms with Gasteiger partial charge in [-0.25, -0.2) is 0 Å². The van der Waals surface area contributed by atoms with Gasteiger partial charge in [-0.2, -0.15) is 0 Å². The van der Waals surface area contributed by atoms with E-state index in [0.717, 1.165) is 0 Å². The topological polar surface area (TPSA) is 149 Å². The molecular weight excluding hydrogens is 264 g/mol. The molecule has 0 aromatic heterocycles. The van der Waals surface area contributed by atoms with E-state index in [0.29, 0.717) is 0 Å². The Bertz CT molecular complexity index is 301. The van der Waals surface area contributed by atoms with Gasteiger partial charge < -0.3 is 44.8 Å². The van der Waals surface area contributed by atoms with Crippen molar-refractivity contribution in [2.24, 2.45) is 0 Å². The van der Waals surface area contributed by atoms with Gasteiger partial charge in [-0.05, 0) is 0 Å². The molecule has 8 atom stereocenters. The number of hydrogen-bond acceptors (Lipinski definition) is 9. The van der Waals surface area contributed by atoms with Crippen LogP contribution in [0.3, 0.4) is 0 Å². The Morgan fingerprint density at radius 3 is 2.26 bits per heavy atom. The molecule has 0 radical (unpaired) electrons. The van der Waals surface area contributed by atoms with Crippen LogP contribution in [0.4, 0.5) is 0 Å². The maximum Gasteiger partial charge on any atom is 0.186 e. The molecule has 9 nitrogen and oxygen atoms in total. The maximum absolute atomic E-state index is 9.73. The third kappa shape index (κ3) is 2.89. The molecule has 2 aliphatic rings. The standard InChI is InChI=1S/C10H18O9/c11-1-4-6(14)8(9(16)18-4)19-10-7(15)5(13)3(12)2-17-10/h3-16H,1-2H2/t3-,4+,5+,6+,7-,8-,9-,10+/m1/s1. The van der Waals surface area contributed by atoms with E-state index in [1.165, 1.54) is 0 Å². The van der Waals surface area contributed by atoms with Gasteiger partial charge in [0, 0.05) is 0 Å². The molecule has 2 saturated heterocycles. The summed E-state index contributed by atoms with van der Waals surface area (Å²) in [5.41, 5.74) is 0. The summed E-state index contributed by atoms with van der Waals surface area (Å²) in [6.45, 7) is -0.764. The molecule has 2 heterocycles. The lowest BCUT2D eigenvalue weighted by molar-refractivity contribution is -0.299. The van der Waals surface area contributed by atoms with E-state index < -0.39 is 55.8 Å². The second-order valence-corrected chi connectivity index (χ2v) is 4.59. The van der Waals surface area contributed by atoms with E-state index in [-0.39, 0.29) is 6.61 Å². The van der Waals surface area contributed by atoms with E-state index in [1.54, 1.807) is 0 Å². The summed E-state index contributed by atoms with van der Waals surface area (Å²) < 4.78 is 15.0. The van der Waals surface area contributed by atoms with Crippen molar-refractivity contribution >= 4 is 0 Å². The third-order valence-electron chi connectivity index (χ3n) is 3.24. The highest BCUT2D eigenvalue weighted by Gasteiger charge is 2.47. The number of hydrogen-bond donors (Lipinski definition) is 6. The molecule has 19 heavy (non-hydrogen) atoms. The van der Waals surface area contributed by atoms with Gasteiger partial charge in [0.2, 0.25) is 0 Å². The first-order chi connectivity index (χ1) is 8.95. The number of rotatable bonds is 3. The molecule has 9 heteroatoms. The quantitative estimate of drug-likeness (QED) is 0.303. The molecule has 0 aromatic carbocycles. The minimum atomic E-state index is -1.53. The van der Waals surface area contributed by atoms with E-state index in [1.807, 2.05) is 0 Å². The lowest BCUT2D eigenvalue weighted by Crippen LogP contribution is -2.55. The van der Waals surface area contributed by atoms with E-state index in [2.05, 4.69) is 0 Å². The molecule has 0 amide bonds. The van der Waals surface area contributed by atoms with Gasteiger partial charge in [0.25, 0.3) is 0 Å². The minimum Gasteiger partial charge on any atom is -0.394 e. The van der Waals surface area contributed by atoms with Gasteiger partial charge in [0.1, 0.15) is 36.6 Å². The Morgan fingerprint density at radius 1 is 1.00 bits per heavy atom. The molecule has 2 rings (SSSR count). The Morgan fingerprint density at radius 2 is 1.68 bits per heavy atom. The van der Waals surface area contributed by atoms with Gasteiger partial charge in [-0.1, -0.05) is 0 Å². The van der Waals surface area contributed by atoms with Crippen LogP contribution in [0.25, 0.3) is 0 Å². The number of aliphatic hydroxyl groups is 6. The monoisotopic (exact) mass is 282 g/mol. The normalized spacial score (nSPS) is 51.5. The summed E-state index contributed by atoms with van der Waals surface area (Å²) in [4.78, 5) is 0. The highest BCUT2D eigenvalue weighted by molar-refractivity contribution is 4.89. The SMILES string of the molecule is OC[C@@H]1O[C@@H](O)[C@H](O[C@@H]2OC[C@@H](O)[C@H](O)[C@H]2O)[C@H]1O. The van der Waals surface area contributed by atoms with Gasteiger partial charge >= 0.3 is 0 Å². The first kappa shape index (κ1) is 15.0. The lowest BCUT2D eigenvalue weighted by atomic mass is 10.1. The van der Waals surface area contributed by atoms with Crippen molar-refractivity contribution in [2.75, 3.05) is 13.2 Å². The zero-order valence-corrected chi connectivity index (χ0v) is 9.94. The predicted octanol–water partition coefficient (Wildman–Crippen LogP) is -4.12. The Kier molecular flexibility index (Phi) is 4.71. The van der Waals surface area contributed by atoms with Crippen molar-refractivity contribution in [3.05, 3.63) is 0 Å². The van der Waals surface area contributed by atoms with Crippen molar-refractivity contribution in [1.29, 1.82) is 0 Å². The lowest BCUT2D eigenvalue weighted by Gasteiger charge is -2.36. The fourth-order valence-electron chi connectivity index (χ4n) is 2.07. The van der Waals surface area contributed by atoms with E-state index in [9.17, 15) is 25.5 Å². The summed E-state index contributed by atoms with van der Waals surface area (Å²) >= 11 is 0. The zero-order chi connectivity index (χ0) is 14.2. The van der Waals surface area contributed by atoms with Crippen LogP contribution in [0.15, 0.2) is 0 Å². The molecule has 0 aliphatic carbocycles. The van der Waals surface area contributed by atoms with Crippen LogP contribution < -0.4 is 0 Å². The summed E-state index contributed by atoms with van der Waals surface area (Å²) in [6.07, 6.45) is -10.6. The van der Waals surface area contributed by atoms with Crippen molar-refractivity contribution < 1.29 is 44.8 Å². The Hall–Kier alpha value is -0.360. The van der Waals surface area contributed by atoms with Gasteiger partial charge in [-0.3, -0.25) is 0 Å². The van der Waals surface area contributed by atoms with Crippen LogP contribution >= 0.6 is 0 Å². The molecule has 0 spiro atoms. The average molecular weight is 282 g/mol. The Balaban J connectivity index is 1.97. The summed E-state index contributed by atoms with van der Waals surface area (Å²) in [6, 6.07) is 0. The molecule has 0 aromatic rings. The number of ether oxygens (including phenoxy) is 3. The second kappa shape index (κ2) is 5.95. The van der Waals surface area contributed by atoms with Gasteiger partial charge in [-0.15, -0.1) is 0 Å². The number of aliphatic hydroxyl groups excluding tert-OH is 6. The van der Waals surface area contributed by atoms with Crippen molar-refractivity contribution in [3.8, 4) is 0 Å².